The van der Waals surface area contributed by atoms with Crippen LogP contribution in [-0.4, -0.2) is 11.1 Å². The van der Waals surface area contributed by atoms with Crippen molar-refractivity contribution in [3.05, 3.63) is 59.7 Å². The van der Waals surface area contributed by atoms with Gasteiger partial charge in [0.25, 0.3) is 0 Å². The van der Waals surface area contributed by atoms with E-state index in [4.69, 9.17) is 10.4 Å². The molecule has 0 fully saturated rings. The van der Waals surface area contributed by atoms with Crippen LogP contribution < -0.4 is 0 Å². The summed E-state index contributed by atoms with van der Waals surface area (Å²) in [5.74, 6) is -1.60. The summed E-state index contributed by atoms with van der Waals surface area (Å²) < 4.78 is 0. The molecular weight excluding hydrogens is 274 g/mol. The maximum absolute atomic E-state index is 11.0. The van der Waals surface area contributed by atoms with E-state index in [0.717, 1.165) is 17.5 Å². The van der Waals surface area contributed by atoms with E-state index < -0.39 is 11.9 Å². The number of benzene rings is 2. The van der Waals surface area contributed by atoms with Crippen LogP contribution in [0.3, 0.4) is 0 Å². The van der Waals surface area contributed by atoms with Crippen molar-refractivity contribution in [2.45, 2.75) is 26.2 Å². The molecule has 0 radical (unpaired) electrons. The lowest BCUT2D eigenvalue weighted by molar-refractivity contribution is -0.137. The molecule has 2 rings (SSSR count). The molecule has 0 aromatic heterocycles. The Balaban J connectivity index is 2.20. The summed E-state index contributed by atoms with van der Waals surface area (Å²) in [6, 6.07) is 17.3. The van der Waals surface area contributed by atoms with Gasteiger partial charge in [-0.3, -0.25) is 4.79 Å². The molecule has 0 aliphatic heterocycles. The molecule has 0 saturated heterocycles. The van der Waals surface area contributed by atoms with E-state index in [9.17, 15) is 4.79 Å². The standard InChI is InChI=1S/C19H19NO2/c1-13(2)11-14-3-5-15(6-4-14)16-7-9-17(10-8-16)18(12-20)19(21)22/h3-10,13,18H,11H2,1-2H3,(H,21,22). The number of hydrogen-bond donors (Lipinski definition) is 1. The molecular formula is C19H19NO2. The van der Waals surface area contributed by atoms with Gasteiger partial charge in [0.2, 0.25) is 0 Å². The lowest BCUT2D eigenvalue weighted by atomic mass is 9.96. The van der Waals surface area contributed by atoms with E-state index in [2.05, 4.69) is 38.1 Å². The topological polar surface area (TPSA) is 61.1 Å². The third-order valence-electron chi connectivity index (χ3n) is 3.55. The molecule has 22 heavy (non-hydrogen) atoms. The highest BCUT2D eigenvalue weighted by atomic mass is 16.4. The van der Waals surface area contributed by atoms with Crippen LogP contribution >= 0.6 is 0 Å². The summed E-state index contributed by atoms with van der Waals surface area (Å²) in [6.07, 6.45) is 1.06. The molecule has 2 aromatic carbocycles. The van der Waals surface area contributed by atoms with Gasteiger partial charge in [0.05, 0.1) is 6.07 Å². The Hall–Kier alpha value is -2.60. The van der Waals surface area contributed by atoms with Gasteiger partial charge in [0, 0.05) is 0 Å². The van der Waals surface area contributed by atoms with E-state index >= 15 is 0 Å². The molecule has 112 valence electrons. The lowest BCUT2D eigenvalue weighted by Crippen LogP contribution is -2.08. The van der Waals surface area contributed by atoms with Crippen molar-refractivity contribution in [1.82, 2.24) is 0 Å². The van der Waals surface area contributed by atoms with Crippen LogP contribution in [0, 0.1) is 17.2 Å². The van der Waals surface area contributed by atoms with E-state index in [1.165, 1.54) is 5.56 Å². The van der Waals surface area contributed by atoms with Crippen LogP contribution in [0.4, 0.5) is 0 Å². The quantitative estimate of drug-likeness (QED) is 0.896. The van der Waals surface area contributed by atoms with Gasteiger partial charge in [-0.2, -0.15) is 5.26 Å². The molecule has 1 N–H and O–H groups in total. The van der Waals surface area contributed by atoms with Crippen molar-refractivity contribution < 1.29 is 9.90 Å². The molecule has 0 saturated carbocycles. The minimum Gasteiger partial charge on any atom is -0.480 e. The van der Waals surface area contributed by atoms with E-state index in [1.54, 1.807) is 18.2 Å². The molecule has 0 bridgehead atoms. The van der Waals surface area contributed by atoms with Crippen LogP contribution in [0.5, 0.6) is 0 Å². The van der Waals surface area contributed by atoms with Crippen LogP contribution in [0.1, 0.15) is 30.9 Å². The number of nitrogens with zero attached hydrogens (tertiary/aromatic N) is 1. The van der Waals surface area contributed by atoms with Gasteiger partial charge >= 0.3 is 5.97 Å². The summed E-state index contributed by atoms with van der Waals surface area (Å²) in [5.41, 5.74) is 3.92. The van der Waals surface area contributed by atoms with Crippen LogP contribution in [0.15, 0.2) is 48.5 Å². The van der Waals surface area contributed by atoms with E-state index in [1.807, 2.05) is 12.1 Å². The fraction of sp³-hybridized carbons (Fsp3) is 0.263. The Morgan fingerprint density at radius 3 is 1.95 bits per heavy atom. The fourth-order valence-corrected chi connectivity index (χ4v) is 2.45. The predicted octanol–water partition coefficient (Wildman–Crippen LogP) is 4.24. The number of hydrogen-bond acceptors (Lipinski definition) is 2. The third-order valence-corrected chi connectivity index (χ3v) is 3.55. The van der Waals surface area contributed by atoms with Gasteiger partial charge in [0.15, 0.2) is 5.92 Å². The van der Waals surface area contributed by atoms with Crippen LogP contribution in [0.2, 0.25) is 0 Å². The van der Waals surface area contributed by atoms with Gasteiger partial charge < -0.3 is 5.11 Å². The normalized spacial score (nSPS) is 11.9. The first-order valence-corrected chi connectivity index (χ1v) is 7.33. The van der Waals surface area contributed by atoms with Gasteiger partial charge in [-0.1, -0.05) is 62.4 Å². The number of nitriles is 1. The zero-order valence-corrected chi connectivity index (χ0v) is 12.8. The average molecular weight is 293 g/mol. The molecule has 0 aliphatic carbocycles. The van der Waals surface area contributed by atoms with Gasteiger partial charge in [0.1, 0.15) is 0 Å². The number of rotatable bonds is 5. The summed E-state index contributed by atoms with van der Waals surface area (Å²) in [4.78, 5) is 11.0. The Morgan fingerprint density at radius 1 is 1.05 bits per heavy atom. The van der Waals surface area contributed by atoms with E-state index in [-0.39, 0.29) is 0 Å². The maximum Gasteiger partial charge on any atom is 0.325 e. The summed E-state index contributed by atoms with van der Waals surface area (Å²) in [7, 11) is 0. The van der Waals surface area contributed by atoms with Gasteiger partial charge in [-0.15, -0.1) is 0 Å². The first-order chi connectivity index (χ1) is 10.5. The zero-order chi connectivity index (χ0) is 16.1. The second-order valence-corrected chi connectivity index (χ2v) is 5.82. The highest BCUT2D eigenvalue weighted by Crippen LogP contribution is 2.24. The zero-order valence-electron chi connectivity index (χ0n) is 12.8. The van der Waals surface area contributed by atoms with Crippen molar-refractivity contribution in [1.29, 1.82) is 5.26 Å². The summed E-state index contributed by atoms with van der Waals surface area (Å²) >= 11 is 0. The van der Waals surface area contributed by atoms with Crippen molar-refractivity contribution in [2.75, 3.05) is 0 Å². The molecule has 3 nitrogen and oxygen atoms in total. The Morgan fingerprint density at radius 2 is 1.55 bits per heavy atom. The third kappa shape index (κ3) is 3.73. The number of aliphatic carboxylic acids is 1. The molecule has 3 heteroatoms. The van der Waals surface area contributed by atoms with Crippen LogP contribution in [0.25, 0.3) is 11.1 Å². The minimum absolute atomic E-state index is 0.509. The number of carboxylic acids is 1. The summed E-state index contributed by atoms with van der Waals surface area (Å²) in [6.45, 7) is 4.39. The second kappa shape index (κ2) is 6.91. The summed E-state index contributed by atoms with van der Waals surface area (Å²) in [5, 5.41) is 17.9. The molecule has 1 atom stereocenters. The Kier molecular flexibility index (Phi) is 4.95. The lowest BCUT2D eigenvalue weighted by Gasteiger charge is -2.08. The molecule has 0 amide bonds. The minimum atomic E-state index is -1.12. The highest BCUT2D eigenvalue weighted by Gasteiger charge is 2.18. The monoisotopic (exact) mass is 293 g/mol. The first-order valence-electron chi connectivity index (χ1n) is 7.33. The SMILES string of the molecule is CC(C)Cc1ccc(-c2ccc(C(C#N)C(=O)O)cc2)cc1. The number of carbonyl (C=O) groups is 1. The highest BCUT2D eigenvalue weighted by molar-refractivity contribution is 5.79. The van der Waals surface area contributed by atoms with Crippen molar-refractivity contribution in [3.8, 4) is 17.2 Å². The molecule has 0 heterocycles. The van der Waals surface area contributed by atoms with Crippen molar-refractivity contribution in [3.63, 3.8) is 0 Å². The maximum atomic E-state index is 11.0. The van der Waals surface area contributed by atoms with E-state index in [0.29, 0.717) is 11.5 Å². The fourth-order valence-electron chi connectivity index (χ4n) is 2.45. The smallest absolute Gasteiger partial charge is 0.325 e. The molecule has 0 spiro atoms. The number of carboxylic acid groups (broad SMARTS) is 1. The first kappa shape index (κ1) is 15.8. The van der Waals surface area contributed by atoms with Crippen molar-refractivity contribution in [2.24, 2.45) is 5.92 Å². The Labute approximate surface area is 130 Å². The van der Waals surface area contributed by atoms with Gasteiger partial charge in [-0.05, 0) is 34.6 Å². The average Bonchev–Trinajstić information content (AvgIpc) is 2.48. The van der Waals surface area contributed by atoms with Crippen LogP contribution in [-0.2, 0) is 11.2 Å². The second-order valence-electron chi connectivity index (χ2n) is 5.82. The largest absolute Gasteiger partial charge is 0.480 e. The predicted molar refractivity (Wildman–Crippen MR) is 86.4 cm³/mol. The molecule has 1 unspecified atom stereocenters. The Bertz CT molecular complexity index is 679. The molecule has 0 aliphatic rings. The van der Waals surface area contributed by atoms with Crippen molar-refractivity contribution >= 4 is 5.97 Å². The molecule has 2 aromatic rings. The van der Waals surface area contributed by atoms with Gasteiger partial charge in [-0.25, -0.2) is 0 Å².